The summed E-state index contributed by atoms with van der Waals surface area (Å²) in [5.41, 5.74) is 2.84. The molecule has 9 nitrogen and oxygen atoms in total. The van der Waals surface area contributed by atoms with Gasteiger partial charge < -0.3 is 15.4 Å². The lowest BCUT2D eigenvalue weighted by molar-refractivity contribution is -0.385. The third kappa shape index (κ3) is 5.16. The van der Waals surface area contributed by atoms with Crippen LogP contribution in [-0.2, 0) is 0 Å². The molecule has 0 bridgehead atoms. The van der Waals surface area contributed by atoms with E-state index in [-0.39, 0.29) is 17.1 Å². The van der Waals surface area contributed by atoms with Gasteiger partial charge in [0.15, 0.2) is 5.75 Å². The van der Waals surface area contributed by atoms with Crippen molar-refractivity contribution >= 4 is 28.8 Å². The van der Waals surface area contributed by atoms with Crippen molar-refractivity contribution < 1.29 is 14.5 Å². The van der Waals surface area contributed by atoms with Gasteiger partial charge in [-0.15, -0.1) is 0 Å². The minimum atomic E-state index is -0.563. The van der Waals surface area contributed by atoms with E-state index in [0.717, 1.165) is 11.3 Å². The monoisotopic (exact) mass is 455 g/mol. The van der Waals surface area contributed by atoms with Crippen LogP contribution in [0.4, 0.5) is 22.9 Å². The second-order valence-corrected chi connectivity index (χ2v) is 7.36. The third-order valence-electron chi connectivity index (χ3n) is 4.94. The number of nitro groups is 1. The first-order valence-corrected chi connectivity index (χ1v) is 10.3. The molecule has 0 saturated carbocycles. The number of carbonyl (C=O) groups excluding carboxylic acids is 1. The van der Waals surface area contributed by atoms with E-state index < -0.39 is 10.8 Å². The number of ether oxygens (including phenoxy) is 1. The first kappa shape index (κ1) is 22.4. The van der Waals surface area contributed by atoms with E-state index in [1.807, 2.05) is 49.4 Å². The minimum absolute atomic E-state index is 0.115. The Balaban J connectivity index is 1.54. The van der Waals surface area contributed by atoms with E-state index in [1.54, 1.807) is 24.3 Å². The number of nitrogens with one attached hydrogen (secondary N) is 2. The molecule has 34 heavy (non-hydrogen) atoms. The highest BCUT2D eigenvalue weighted by atomic mass is 16.6. The molecule has 0 unspecified atom stereocenters. The number of methoxy groups -OCH3 is 1. The second-order valence-electron chi connectivity index (χ2n) is 7.36. The lowest BCUT2D eigenvalue weighted by atomic mass is 10.1. The molecule has 170 valence electrons. The zero-order valence-corrected chi connectivity index (χ0v) is 18.5. The van der Waals surface area contributed by atoms with Crippen LogP contribution in [0.1, 0.15) is 16.2 Å². The molecule has 0 aliphatic heterocycles. The summed E-state index contributed by atoms with van der Waals surface area (Å²) in [6.45, 7) is 1.82. The van der Waals surface area contributed by atoms with E-state index in [2.05, 4.69) is 20.6 Å². The summed E-state index contributed by atoms with van der Waals surface area (Å²) in [5.74, 6) is 0.907. The van der Waals surface area contributed by atoms with Crippen LogP contribution in [0, 0.1) is 17.0 Å². The summed E-state index contributed by atoms with van der Waals surface area (Å²) in [6, 6.07) is 22.7. The van der Waals surface area contributed by atoms with E-state index in [0.29, 0.717) is 22.9 Å². The molecular formula is C25H21N5O4. The van der Waals surface area contributed by atoms with Gasteiger partial charge >= 0.3 is 5.69 Å². The molecular weight excluding hydrogens is 434 g/mol. The number of amides is 1. The van der Waals surface area contributed by atoms with Crippen LogP contribution >= 0.6 is 0 Å². The lowest BCUT2D eigenvalue weighted by Gasteiger charge is -2.11. The number of benzene rings is 3. The fraction of sp³-hybridized carbons (Fsp3) is 0.0800. The maximum absolute atomic E-state index is 12.8. The van der Waals surface area contributed by atoms with Crippen molar-refractivity contribution in [3.8, 4) is 17.0 Å². The average Bonchev–Trinajstić information content (AvgIpc) is 2.84. The molecule has 1 aromatic heterocycles. The third-order valence-corrected chi connectivity index (χ3v) is 4.94. The van der Waals surface area contributed by atoms with Crippen LogP contribution in [0.3, 0.4) is 0 Å². The van der Waals surface area contributed by atoms with Gasteiger partial charge in [0, 0.05) is 34.6 Å². The first-order chi connectivity index (χ1) is 16.4. The molecule has 1 heterocycles. The van der Waals surface area contributed by atoms with Crippen LogP contribution in [0.15, 0.2) is 78.9 Å². The smallest absolute Gasteiger partial charge is 0.312 e. The molecule has 1 amide bonds. The van der Waals surface area contributed by atoms with Gasteiger partial charge in [-0.1, -0.05) is 36.4 Å². The summed E-state index contributed by atoms with van der Waals surface area (Å²) >= 11 is 0. The number of nitrogens with zero attached hydrogens (tertiary/aromatic N) is 3. The molecule has 0 aliphatic carbocycles. The molecule has 0 saturated heterocycles. The molecule has 4 rings (SSSR count). The van der Waals surface area contributed by atoms with Gasteiger partial charge in [0.2, 0.25) is 0 Å². The SMILES string of the molecule is COc1ccc(NC(=O)c2cccc(Nc3cc(-c4ccccc4)nc(C)n3)c2)cc1[N+](=O)[O-]. The molecule has 0 fully saturated rings. The number of aromatic nitrogens is 2. The van der Waals surface area contributed by atoms with Crippen LogP contribution in [-0.4, -0.2) is 27.9 Å². The van der Waals surface area contributed by atoms with Crippen molar-refractivity contribution in [3.63, 3.8) is 0 Å². The van der Waals surface area contributed by atoms with E-state index in [4.69, 9.17) is 4.74 Å². The summed E-state index contributed by atoms with van der Waals surface area (Å²) in [4.78, 5) is 32.4. The van der Waals surface area contributed by atoms with Crippen molar-refractivity contribution in [1.29, 1.82) is 0 Å². The number of carbonyl (C=O) groups is 1. The number of aryl methyl sites for hydroxylation is 1. The minimum Gasteiger partial charge on any atom is -0.490 e. The summed E-state index contributed by atoms with van der Waals surface area (Å²) in [7, 11) is 1.35. The number of anilines is 3. The fourth-order valence-corrected chi connectivity index (χ4v) is 3.39. The normalized spacial score (nSPS) is 10.4. The van der Waals surface area contributed by atoms with Gasteiger partial charge in [-0.25, -0.2) is 9.97 Å². The quantitative estimate of drug-likeness (QED) is 0.284. The second kappa shape index (κ2) is 9.78. The number of hydrogen-bond acceptors (Lipinski definition) is 7. The molecule has 3 aromatic carbocycles. The van der Waals surface area contributed by atoms with Crippen molar-refractivity contribution in [2.45, 2.75) is 6.92 Å². The number of hydrogen-bond donors (Lipinski definition) is 2. The van der Waals surface area contributed by atoms with Crippen molar-refractivity contribution in [2.24, 2.45) is 0 Å². The Bertz CT molecular complexity index is 1360. The predicted octanol–water partition coefficient (Wildman–Crippen LogP) is 5.36. The molecule has 0 aliphatic rings. The number of rotatable bonds is 7. The largest absolute Gasteiger partial charge is 0.490 e. The zero-order valence-electron chi connectivity index (χ0n) is 18.5. The summed E-state index contributed by atoms with van der Waals surface area (Å²) in [5, 5.41) is 17.1. The van der Waals surface area contributed by atoms with Gasteiger partial charge in [0.1, 0.15) is 11.6 Å². The molecule has 0 atom stereocenters. The number of nitro benzene ring substituents is 1. The maximum Gasteiger partial charge on any atom is 0.312 e. The predicted molar refractivity (Wildman–Crippen MR) is 130 cm³/mol. The van der Waals surface area contributed by atoms with Crippen LogP contribution in [0.25, 0.3) is 11.3 Å². The van der Waals surface area contributed by atoms with E-state index >= 15 is 0 Å². The van der Waals surface area contributed by atoms with Gasteiger partial charge in [0.25, 0.3) is 5.91 Å². The molecule has 2 N–H and O–H groups in total. The standard InChI is InChI=1S/C25H21N5O4/c1-16-26-21(17-7-4-3-5-8-17)15-24(27-16)28-19-10-6-9-18(13-19)25(31)29-20-11-12-23(34-2)22(14-20)30(32)33/h3-15H,1-2H3,(H,29,31)(H,26,27,28). The Morgan fingerprint density at radius 2 is 1.74 bits per heavy atom. The van der Waals surface area contributed by atoms with Crippen molar-refractivity contribution in [1.82, 2.24) is 9.97 Å². The zero-order chi connectivity index (χ0) is 24.1. The Morgan fingerprint density at radius 3 is 2.47 bits per heavy atom. The molecule has 9 heteroatoms. The Morgan fingerprint density at radius 1 is 0.941 bits per heavy atom. The van der Waals surface area contributed by atoms with E-state index in [1.165, 1.54) is 19.2 Å². The van der Waals surface area contributed by atoms with Gasteiger partial charge in [-0.2, -0.15) is 0 Å². The van der Waals surface area contributed by atoms with Crippen LogP contribution in [0.2, 0.25) is 0 Å². The molecule has 0 radical (unpaired) electrons. The highest BCUT2D eigenvalue weighted by Crippen LogP contribution is 2.30. The van der Waals surface area contributed by atoms with Gasteiger partial charge in [-0.3, -0.25) is 14.9 Å². The summed E-state index contributed by atoms with van der Waals surface area (Å²) in [6.07, 6.45) is 0. The van der Waals surface area contributed by atoms with Crippen LogP contribution < -0.4 is 15.4 Å². The van der Waals surface area contributed by atoms with Gasteiger partial charge in [0.05, 0.1) is 17.7 Å². The van der Waals surface area contributed by atoms with Crippen molar-refractivity contribution in [3.05, 3.63) is 100 Å². The molecule has 4 aromatic rings. The fourth-order valence-electron chi connectivity index (χ4n) is 3.39. The molecule has 0 spiro atoms. The van der Waals surface area contributed by atoms with Crippen LogP contribution in [0.5, 0.6) is 5.75 Å². The lowest BCUT2D eigenvalue weighted by Crippen LogP contribution is -2.12. The highest BCUT2D eigenvalue weighted by molar-refractivity contribution is 6.05. The van der Waals surface area contributed by atoms with Crippen molar-refractivity contribution in [2.75, 3.05) is 17.7 Å². The van der Waals surface area contributed by atoms with Gasteiger partial charge in [-0.05, 0) is 37.3 Å². The Kier molecular flexibility index (Phi) is 6.45. The first-order valence-electron chi connectivity index (χ1n) is 10.3. The average molecular weight is 455 g/mol. The topological polar surface area (TPSA) is 119 Å². The maximum atomic E-state index is 12.8. The summed E-state index contributed by atoms with van der Waals surface area (Å²) < 4.78 is 5.00. The highest BCUT2D eigenvalue weighted by Gasteiger charge is 2.17. The Labute approximate surface area is 195 Å². The van der Waals surface area contributed by atoms with E-state index in [9.17, 15) is 14.9 Å². The Hall–Kier alpha value is -4.79.